The first-order valence-electron chi connectivity index (χ1n) is 9.48. The molecule has 8 nitrogen and oxygen atoms in total. The third kappa shape index (κ3) is 5.68. The molecule has 3 N–H and O–H groups in total. The van der Waals surface area contributed by atoms with E-state index in [2.05, 4.69) is 22.9 Å². The average Bonchev–Trinajstić information content (AvgIpc) is 2.63. The number of anilines is 1. The molecule has 9 heteroatoms. The van der Waals surface area contributed by atoms with Crippen molar-refractivity contribution in [1.29, 1.82) is 0 Å². The maximum Gasteiger partial charge on any atom is 0.315 e. The first kappa shape index (κ1) is 22.2. The summed E-state index contributed by atoms with van der Waals surface area (Å²) in [6, 6.07) is 4.45. The standard InChI is InChI=1S/C19H30N4O4S/c1-13-7-5-6-8-16(13)22-19(25)20-12-18(24)21-15-10-9-14(2)17(11-15)28(26,27)23(3)4/h9-11,13,16H,5-8,12H2,1-4H3,(H,21,24)(H2,20,22,25). The van der Waals surface area contributed by atoms with E-state index in [4.69, 9.17) is 0 Å². The Hall–Kier alpha value is -2.13. The van der Waals surface area contributed by atoms with Gasteiger partial charge in [0.2, 0.25) is 15.9 Å². The summed E-state index contributed by atoms with van der Waals surface area (Å²) < 4.78 is 25.9. The molecule has 1 aromatic rings. The van der Waals surface area contributed by atoms with E-state index in [1.165, 1.54) is 26.6 Å². The van der Waals surface area contributed by atoms with Gasteiger partial charge >= 0.3 is 6.03 Å². The Labute approximate surface area is 167 Å². The highest BCUT2D eigenvalue weighted by Crippen LogP contribution is 2.24. The van der Waals surface area contributed by atoms with Crippen LogP contribution in [0.4, 0.5) is 10.5 Å². The fraction of sp³-hybridized carbons (Fsp3) is 0.579. The molecule has 156 valence electrons. The molecule has 1 aliphatic rings. The van der Waals surface area contributed by atoms with Gasteiger partial charge in [0.05, 0.1) is 11.4 Å². The Kier molecular flexibility index (Phi) is 7.42. The van der Waals surface area contributed by atoms with Gasteiger partial charge in [-0.3, -0.25) is 4.79 Å². The molecular weight excluding hydrogens is 380 g/mol. The smallest absolute Gasteiger partial charge is 0.315 e. The number of hydrogen-bond donors (Lipinski definition) is 3. The molecule has 1 fully saturated rings. The molecule has 0 aliphatic heterocycles. The van der Waals surface area contributed by atoms with Crippen molar-refractivity contribution in [2.45, 2.75) is 50.5 Å². The topological polar surface area (TPSA) is 108 Å². The summed E-state index contributed by atoms with van der Waals surface area (Å²) in [4.78, 5) is 24.3. The van der Waals surface area contributed by atoms with Crippen molar-refractivity contribution < 1.29 is 18.0 Å². The highest BCUT2D eigenvalue weighted by atomic mass is 32.2. The summed E-state index contributed by atoms with van der Waals surface area (Å²) in [7, 11) is -0.703. The number of carbonyl (C=O) groups is 2. The summed E-state index contributed by atoms with van der Waals surface area (Å²) in [6.07, 6.45) is 4.33. The molecule has 0 heterocycles. The van der Waals surface area contributed by atoms with Gasteiger partial charge in [0.25, 0.3) is 0 Å². The van der Waals surface area contributed by atoms with E-state index in [1.807, 2.05) is 0 Å². The molecule has 28 heavy (non-hydrogen) atoms. The second-order valence-electron chi connectivity index (χ2n) is 7.51. The number of carbonyl (C=O) groups excluding carboxylic acids is 2. The summed E-state index contributed by atoms with van der Waals surface area (Å²) in [6.45, 7) is 3.62. The second kappa shape index (κ2) is 9.38. The van der Waals surface area contributed by atoms with Crippen LogP contribution in [-0.4, -0.2) is 51.3 Å². The van der Waals surface area contributed by atoms with Crippen LogP contribution in [0.3, 0.4) is 0 Å². The van der Waals surface area contributed by atoms with Crippen LogP contribution < -0.4 is 16.0 Å². The highest BCUT2D eigenvalue weighted by molar-refractivity contribution is 7.89. The lowest BCUT2D eigenvalue weighted by atomic mass is 9.86. The summed E-state index contributed by atoms with van der Waals surface area (Å²) in [5, 5.41) is 8.10. The van der Waals surface area contributed by atoms with Crippen molar-refractivity contribution in [2.24, 2.45) is 5.92 Å². The first-order chi connectivity index (χ1) is 13.1. The SMILES string of the molecule is Cc1ccc(NC(=O)CNC(=O)NC2CCCCC2C)cc1S(=O)(=O)N(C)C. The number of amides is 3. The molecule has 1 saturated carbocycles. The van der Waals surface area contributed by atoms with E-state index in [0.29, 0.717) is 17.2 Å². The number of sulfonamides is 1. The van der Waals surface area contributed by atoms with E-state index >= 15 is 0 Å². The minimum Gasteiger partial charge on any atom is -0.335 e. The molecular formula is C19H30N4O4S. The van der Waals surface area contributed by atoms with Crippen LogP contribution in [0.5, 0.6) is 0 Å². The third-order valence-corrected chi connectivity index (χ3v) is 7.03. The average molecular weight is 411 g/mol. The molecule has 0 saturated heterocycles. The minimum absolute atomic E-state index is 0.132. The molecule has 0 aromatic heterocycles. The van der Waals surface area contributed by atoms with Gasteiger partial charge < -0.3 is 16.0 Å². The van der Waals surface area contributed by atoms with Gasteiger partial charge in [0.15, 0.2) is 0 Å². The lowest BCUT2D eigenvalue weighted by Crippen LogP contribution is -2.47. The second-order valence-corrected chi connectivity index (χ2v) is 9.63. The van der Waals surface area contributed by atoms with Crippen LogP contribution in [0.1, 0.15) is 38.2 Å². The van der Waals surface area contributed by atoms with Gasteiger partial charge in [0, 0.05) is 25.8 Å². The summed E-state index contributed by atoms with van der Waals surface area (Å²) >= 11 is 0. The molecule has 1 aromatic carbocycles. The lowest BCUT2D eigenvalue weighted by molar-refractivity contribution is -0.115. The van der Waals surface area contributed by atoms with Gasteiger partial charge in [0.1, 0.15) is 0 Å². The van der Waals surface area contributed by atoms with Crippen molar-refractivity contribution >= 4 is 27.6 Å². The quantitative estimate of drug-likeness (QED) is 0.667. The molecule has 0 bridgehead atoms. The van der Waals surface area contributed by atoms with E-state index in [0.717, 1.165) is 23.6 Å². The Morgan fingerprint density at radius 1 is 1.18 bits per heavy atom. The Morgan fingerprint density at radius 3 is 2.50 bits per heavy atom. The lowest BCUT2D eigenvalue weighted by Gasteiger charge is -2.29. The zero-order chi connectivity index (χ0) is 20.9. The van der Waals surface area contributed by atoms with Crippen molar-refractivity contribution in [3.05, 3.63) is 23.8 Å². The molecule has 3 amide bonds. The number of nitrogens with one attached hydrogen (secondary N) is 3. The normalized spacial score (nSPS) is 19.9. The fourth-order valence-electron chi connectivity index (χ4n) is 3.27. The Morgan fingerprint density at radius 2 is 1.86 bits per heavy atom. The summed E-state index contributed by atoms with van der Waals surface area (Å²) in [5.41, 5.74) is 0.949. The number of rotatable bonds is 6. The van der Waals surface area contributed by atoms with E-state index in [1.54, 1.807) is 19.1 Å². The monoisotopic (exact) mass is 410 g/mol. The van der Waals surface area contributed by atoms with Crippen molar-refractivity contribution in [3.63, 3.8) is 0 Å². The number of hydrogen-bond acceptors (Lipinski definition) is 4. The number of aryl methyl sites for hydroxylation is 1. The number of benzene rings is 1. The van der Waals surface area contributed by atoms with Crippen LogP contribution in [0.2, 0.25) is 0 Å². The van der Waals surface area contributed by atoms with Crippen LogP contribution in [0.25, 0.3) is 0 Å². The molecule has 2 rings (SSSR count). The van der Waals surface area contributed by atoms with Gasteiger partial charge in [-0.05, 0) is 43.4 Å². The first-order valence-corrected chi connectivity index (χ1v) is 10.9. The van der Waals surface area contributed by atoms with Gasteiger partial charge in [-0.2, -0.15) is 0 Å². The molecule has 0 radical (unpaired) electrons. The highest BCUT2D eigenvalue weighted by Gasteiger charge is 2.23. The zero-order valence-electron chi connectivity index (χ0n) is 16.9. The van der Waals surface area contributed by atoms with Crippen LogP contribution in [0, 0.1) is 12.8 Å². The van der Waals surface area contributed by atoms with Gasteiger partial charge in [-0.15, -0.1) is 0 Å². The van der Waals surface area contributed by atoms with Crippen molar-refractivity contribution in [2.75, 3.05) is 26.0 Å². The van der Waals surface area contributed by atoms with Crippen molar-refractivity contribution in [1.82, 2.24) is 14.9 Å². The Bertz CT molecular complexity index is 823. The van der Waals surface area contributed by atoms with Crippen LogP contribution >= 0.6 is 0 Å². The van der Waals surface area contributed by atoms with Crippen molar-refractivity contribution in [3.8, 4) is 0 Å². The summed E-state index contributed by atoms with van der Waals surface area (Å²) in [5.74, 6) is 0.00171. The maximum atomic E-state index is 12.4. The molecule has 2 atom stereocenters. The zero-order valence-corrected chi connectivity index (χ0v) is 17.7. The van der Waals surface area contributed by atoms with E-state index in [-0.39, 0.29) is 23.5 Å². The number of urea groups is 1. The molecule has 0 spiro atoms. The van der Waals surface area contributed by atoms with E-state index < -0.39 is 15.9 Å². The molecule has 1 aliphatic carbocycles. The minimum atomic E-state index is -3.61. The number of nitrogens with zero attached hydrogens (tertiary/aromatic N) is 1. The van der Waals surface area contributed by atoms with Gasteiger partial charge in [-0.25, -0.2) is 17.5 Å². The predicted molar refractivity (Wildman–Crippen MR) is 109 cm³/mol. The largest absolute Gasteiger partial charge is 0.335 e. The third-order valence-electron chi connectivity index (χ3n) is 5.07. The van der Waals surface area contributed by atoms with Gasteiger partial charge in [-0.1, -0.05) is 25.8 Å². The fourth-order valence-corrected chi connectivity index (χ4v) is 4.41. The molecule has 2 unspecified atom stereocenters. The van der Waals surface area contributed by atoms with Crippen LogP contribution in [-0.2, 0) is 14.8 Å². The maximum absolute atomic E-state index is 12.4. The van der Waals surface area contributed by atoms with Crippen LogP contribution in [0.15, 0.2) is 23.1 Å². The Balaban J connectivity index is 1.92. The van der Waals surface area contributed by atoms with E-state index in [9.17, 15) is 18.0 Å². The predicted octanol–water partition coefficient (Wildman–Crippen LogP) is 2.06.